The molecule has 0 aromatic heterocycles. The van der Waals surface area contributed by atoms with Crippen molar-refractivity contribution in [2.75, 3.05) is 0 Å². The molecular formula is C16H12Cl2O2. The molecule has 2 aromatic rings. The molecule has 0 heterocycles. The fraction of sp³-hybridized carbons (Fsp3) is 0.0625. The minimum absolute atomic E-state index is 0.112. The number of aryl methyl sites for hydroxylation is 1. The Labute approximate surface area is 127 Å². The number of rotatable bonds is 3. The van der Waals surface area contributed by atoms with Crippen LogP contribution in [0.4, 0.5) is 0 Å². The summed E-state index contributed by atoms with van der Waals surface area (Å²) < 4.78 is 0. The molecule has 0 saturated carbocycles. The van der Waals surface area contributed by atoms with Crippen LogP contribution in [0.3, 0.4) is 0 Å². The molecular weight excluding hydrogens is 295 g/mol. The summed E-state index contributed by atoms with van der Waals surface area (Å²) in [5.74, 6) is -1.05. The van der Waals surface area contributed by atoms with E-state index in [4.69, 9.17) is 23.2 Å². The molecule has 2 nitrogen and oxygen atoms in total. The monoisotopic (exact) mass is 306 g/mol. The third-order valence-corrected chi connectivity index (χ3v) is 3.40. The molecule has 0 atom stereocenters. The summed E-state index contributed by atoms with van der Waals surface area (Å²) in [6.07, 6.45) is 1.58. The molecule has 20 heavy (non-hydrogen) atoms. The fourth-order valence-corrected chi connectivity index (χ4v) is 2.18. The van der Waals surface area contributed by atoms with Gasteiger partial charge >= 0.3 is 5.97 Å². The van der Waals surface area contributed by atoms with E-state index < -0.39 is 5.97 Å². The van der Waals surface area contributed by atoms with Gasteiger partial charge in [-0.3, -0.25) is 0 Å². The van der Waals surface area contributed by atoms with Gasteiger partial charge in [0, 0.05) is 15.6 Å². The molecule has 0 radical (unpaired) electrons. The molecule has 0 saturated heterocycles. The summed E-state index contributed by atoms with van der Waals surface area (Å²) in [5, 5.41) is 10.2. The zero-order valence-corrected chi connectivity index (χ0v) is 12.2. The van der Waals surface area contributed by atoms with Crippen LogP contribution in [0.15, 0.2) is 42.5 Å². The summed E-state index contributed by atoms with van der Waals surface area (Å²) in [6, 6.07) is 12.3. The maximum absolute atomic E-state index is 11.5. The Morgan fingerprint density at radius 2 is 1.75 bits per heavy atom. The molecule has 0 bridgehead atoms. The molecule has 0 fully saturated rings. The Bertz CT molecular complexity index is 673. The topological polar surface area (TPSA) is 37.3 Å². The number of hydrogen-bond acceptors (Lipinski definition) is 1. The zero-order chi connectivity index (χ0) is 14.7. The highest BCUT2D eigenvalue weighted by Crippen LogP contribution is 2.29. The first-order valence-electron chi connectivity index (χ1n) is 5.94. The van der Waals surface area contributed by atoms with Crippen LogP contribution in [0.25, 0.3) is 11.6 Å². The Morgan fingerprint density at radius 3 is 2.35 bits per heavy atom. The van der Waals surface area contributed by atoms with E-state index in [2.05, 4.69) is 0 Å². The number of carboxylic acids is 1. The van der Waals surface area contributed by atoms with Crippen molar-refractivity contribution in [3.63, 3.8) is 0 Å². The Hall–Kier alpha value is -1.77. The van der Waals surface area contributed by atoms with E-state index in [1.165, 1.54) is 0 Å². The van der Waals surface area contributed by atoms with Gasteiger partial charge in [0.25, 0.3) is 0 Å². The minimum atomic E-state index is -1.05. The summed E-state index contributed by atoms with van der Waals surface area (Å²) in [4.78, 5) is 11.5. The lowest BCUT2D eigenvalue weighted by Gasteiger charge is -2.06. The van der Waals surface area contributed by atoms with Crippen LogP contribution in [0.2, 0.25) is 10.0 Å². The van der Waals surface area contributed by atoms with Crippen molar-refractivity contribution in [2.45, 2.75) is 6.92 Å². The zero-order valence-electron chi connectivity index (χ0n) is 10.7. The predicted molar refractivity (Wildman–Crippen MR) is 83.1 cm³/mol. The van der Waals surface area contributed by atoms with Crippen LogP contribution in [-0.2, 0) is 4.79 Å². The maximum atomic E-state index is 11.5. The highest BCUT2D eigenvalue weighted by Gasteiger charge is 2.14. The lowest BCUT2D eigenvalue weighted by molar-refractivity contribution is -0.130. The largest absolute Gasteiger partial charge is 0.478 e. The number of benzene rings is 2. The first-order chi connectivity index (χ1) is 9.47. The third-order valence-electron chi connectivity index (χ3n) is 2.84. The first kappa shape index (κ1) is 14.6. The predicted octanol–water partition coefficient (Wildman–Crippen LogP) is 4.93. The Balaban J connectivity index is 2.54. The van der Waals surface area contributed by atoms with Crippen molar-refractivity contribution < 1.29 is 9.90 Å². The van der Waals surface area contributed by atoms with Crippen molar-refractivity contribution in [3.8, 4) is 0 Å². The summed E-state index contributed by atoms with van der Waals surface area (Å²) >= 11 is 12.0. The van der Waals surface area contributed by atoms with Gasteiger partial charge in [0.05, 0.1) is 5.57 Å². The summed E-state index contributed by atoms with van der Waals surface area (Å²) in [6.45, 7) is 1.97. The quantitative estimate of drug-likeness (QED) is 0.645. The minimum Gasteiger partial charge on any atom is -0.478 e. The number of carboxylic acid groups (broad SMARTS) is 1. The van der Waals surface area contributed by atoms with Gasteiger partial charge in [-0.15, -0.1) is 0 Å². The average molecular weight is 307 g/mol. The van der Waals surface area contributed by atoms with Crippen molar-refractivity contribution in [1.82, 2.24) is 0 Å². The number of carbonyl (C=O) groups is 1. The number of halogens is 2. The molecule has 1 N–H and O–H groups in total. The van der Waals surface area contributed by atoms with Crippen LogP contribution < -0.4 is 0 Å². The molecule has 0 aliphatic carbocycles. The van der Waals surface area contributed by atoms with Gasteiger partial charge < -0.3 is 5.11 Å². The van der Waals surface area contributed by atoms with Crippen LogP contribution in [0.5, 0.6) is 0 Å². The lowest BCUT2D eigenvalue weighted by Crippen LogP contribution is -2.00. The van der Waals surface area contributed by atoms with E-state index in [1.807, 2.05) is 31.2 Å². The second-order valence-electron chi connectivity index (χ2n) is 4.40. The van der Waals surface area contributed by atoms with Crippen molar-refractivity contribution >= 4 is 40.8 Å². The van der Waals surface area contributed by atoms with E-state index in [-0.39, 0.29) is 5.57 Å². The number of aliphatic carboxylic acids is 1. The van der Waals surface area contributed by atoms with Crippen LogP contribution >= 0.6 is 23.2 Å². The van der Waals surface area contributed by atoms with Gasteiger partial charge in [0.2, 0.25) is 0 Å². The van der Waals surface area contributed by atoms with Gasteiger partial charge in [-0.1, -0.05) is 53.0 Å². The normalized spacial score (nSPS) is 11.4. The van der Waals surface area contributed by atoms with Crippen molar-refractivity contribution in [2.24, 2.45) is 0 Å². The van der Waals surface area contributed by atoms with Crippen LogP contribution in [0.1, 0.15) is 16.7 Å². The standard InChI is InChI=1S/C16H12Cl2O2/c1-10-2-4-11(5-3-10)8-14(16(19)20)13-9-12(17)6-7-15(13)18/h2-9H,1H3,(H,19,20)/b14-8-. The second-order valence-corrected chi connectivity index (χ2v) is 5.24. The van der Waals surface area contributed by atoms with Crippen molar-refractivity contribution in [3.05, 3.63) is 69.2 Å². The van der Waals surface area contributed by atoms with Gasteiger partial charge in [0.1, 0.15) is 0 Å². The molecule has 102 valence electrons. The first-order valence-corrected chi connectivity index (χ1v) is 6.70. The molecule has 2 rings (SSSR count). The average Bonchev–Trinajstić information content (AvgIpc) is 2.41. The van der Waals surface area contributed by atoms with E-state index >= 15 is 0 Å². The smallest absolute Gasteiger partial charge is 0.336 e. The fourth-order valence-electron chi connectivity index (χ4n) is 1.79. The van der Waals surface area contributed by atoms with Crippen molar-refractivity contribution in [1.29, 1.82) is 0 Å². The highest BCUT2D eigenvalue weighted by molar-refractivity contribution is 6.37. The highest BCUT2D eigenvalue weighted by atomic mass is 35.5. The van der Waals surface area contributed by atoms with Crippen LogP contribution in [-0.4, -0.2) is 11.1 Å². The van der Waals surface area contributed by atoms with Gasteiger partial charge in [-0.2, -0.15) is 0 Å². The molecule has 0 amide bonds. The van der Waals surface area contributed by atoms with E-state index in [1.54, 1.807) is 24.3 Å². The Kier molecular flexibility index (Phi) is 4.48. The van der Waals surface area contributed by atoms with Gasteiger partial charge in [-0.05, 0) is 36.8 Å². The van der Waals surface area contributed by atoms with Gasteiger partial charge in [0.15, 0.2) is 0 Å². The summed E-state index contributed by atoms with van der Waals surface area (Å²) in [7, 11) is 0. The van der Waals surface area contributed by atoms with E-state index in [0.717, 1.165) is 11.1 Å². The third kappa shape index (κ3) is 3.41. The van der Waals surface area contributed by atoms with E-state index in [0.29, 0.717) is 15.6 Å². The number of hydrogen-bond donors (Lipinski definition) is 1. The molecule has 0 spiro atoms. The SMILES string of the molecule is Cc1ccc(/C=C(\C(=O)O)c2cc(Cl)ccc2Cl)cc1. The van der Waals surface area contributed by atoms with Crippen LogP contribution in [0, 0.1) is 6.92 Å². The molecule has 0 aliphatic rings. The lowest BCUT2D eigenvalue weighted by atomic mass is 10.0. The van der Waals surface area contributed by atoms with Gasteiger partial charge in [-0.25, -0.2) is 4.79 Å². The second kappa shape index (κ2) is 6.12. The van der Waals surface area contributed by atoms with E-state index in [9.17, 15) is 9.90 Å². The molecule has 4 heteroatoms. The molecule has 2 aromatic carbocycles. The molecule has 0 aliphatic heterocycles. The summed E-state index contributed by atoms with van der Waals surface area (Å²) in [5.41, 5.74) is 2.43. The molecule has 0 unspecified atom stereocenters. The maximum Gasteiger partial charge on any atom is 0.336 e. The Morgan fingerprint density at radius 1 is 1.10 bits per heavy atom.